The monoisotopic (exact) mass is 217 g/mol. The van der Waals surface area contributed by atoms with E-state index in [9.17, 15) is 4.79 Å². The van der Waals surface area contributed by atoms with Crippen LogP contribution in [0.5, 0.6) is 0 Å². The highest BCUT2D eigenvalue weighted by molar-refractivity contribution is 9.10. The second-order valence-corrected chi connectivity index (χ2v) is 2.64. The number of rotatable bonds is 1. The van der Waals surface area contributed by atoms with Crippen LogP contribution in [0.2, 0.25) is 0 Å². The van der Waals surface area contributed by atoms with Crippen molar-refractivity contribution in [3.63, 3.8) is 0 Å². The third-order valence-corrected chi connectivity index (χ3v) is 1.57. The Labute approximate surface area is 77.2 Å². The van der Waals surface area contributed by atoms with Crippen molar-refractivity contribution in [1.29, 1.82) is 0 Å². The van der Waals surface area contributed by atoms with E-state index in [1.807, 2.05) is 5.32 Å². The molecular weight excluding hydrogens is 208 g/mol. The SMILES string of the molecule is [2H]C([2H])([2H])NC(=O)c1ccc(Br)nc1. The van der Waals surface area contributed by atoms with Crippen molar-refractivity contribution in [3.8, 4) is 0 Å². The molecule has 0 fully saturated rings. The minimum absolute atomic E-state index is 0.212. The molecule has 0 aliphatic rings. The number of carbonyl (C=O) groups excluding carboxylic acids is 1. The molecule has 0 atom stereocenters. The lowest BCUT2D eigenvalue weighted by atomic mass is 10.3. The molecule has 1 N–H and O–H groups in total. The van der Waals surface area contributed by atoms with E-state index in [1.165, 1.54) is 12.3 Å². The minimum atomic E-state index is -2.47. The van der Waals surface area contributed by atoms with E-state index in [0.29, 0.717) is 4.60 Å². The molecule has 1 aromatic heterocycles. The highest BCUT2D eigenvalue weighted by Crippen LogP contribution is 2.05. The summed E-state index contributed by atoms with van der Waals surface area (Å²) in [5.74, 6) is -0.662. The first-order chi connectivity index (χ1) is 6.38. The van der Waals surface area contributed by atoms with Crippen LogP contribution in [-0.2, 0) is 0 Å². The summed E-state index contributed by atoms with van der Waals surface area (Å²) in [4.78, 5) is 15.0. The van der Waals surface area contributed by atoms with Gasteiger partial charge in [-0.15, -0.1) is 0 Å². The average molecular weight is 218 g/mol. The van der Waals surface area contributed by atoms with Gasteiger partial charge in [0.2, 0.25) is 0 Å². The summed E-state index contributed by atoms with van der Waals surface area (Å²) in [6, 6.07) is 3.05. The number of aromatic nitrogens is 1. The van der Waals surface area contributed by atoms with Gasteiger partial charge < -0.3 is 5.32 Å². The maximum Gasteiger partial charge on any atom is 0.252 e. The Hall–Kier alpha value is -0.900. The Balaban J connectivity index is 2.76. The lowest BCUT2D eigenvalue weighted by molar-refractivity contribution is 0.0962. The first kappa shape index (κ1) is 4.87. The lowest BCUT2D eigenvalue weighted by Gasteiger charge is -1.97. The number of amides is 1. The minimum Gasteiger partial charge on any atom is -0.355 e. The third kappa shape index (κ3) is 2.01. The first-order valence-electron chi connectivity index (χ1n) is 4.32. The zero-order chi connectivity index (χ0) is 10.8. The van der Waals surface area contributed by atoms with Gasteiger partial charge in [-0.25, -0.2) is 4.98 Å². The van der Waals surface area contributed by atoms with Crippen LogP contribution in [0.1, 0.15) is 14.5 Å². The summed E-state index contributed by atoms with van der Waals surface area (Å²) >= 11 is 3.10. The molecule has 0 saturated heterocycles. The zero-order valence-corrected chi connectivity index (χ0v) is 7.05. The Bertz CT molecular complexity index is 336. The fraction of sp³-hybridized carbons (Fsp3) is 0.143. The average Bonchev–Trinajstić information content (AvgIpc) is 2.02. The molecule has 0 unspecified atom stereocenters. The Morgan fingerprint density at radius 3 is 3.18 bits per heavy atom. The largest absolute Gasteiger partial charge is 0.355 e. The highest BCUT2D eigenvalue weighted by Gasteiger charge is 2.00. The normalized spacial score (nSPS) is 14.5. The van der Waals surface area contributed by atoms with Gasteiger partial charge in [0, 0.05) is 17.3 Å². The second kappa shape index (κ2) is 3.48. The maximum atomic E-state index is 11.2. The summed E-state index contributed by atoms with van der Waals surface area (Å²) in [6.45, 7) is -2.47. The smallest absolute Gasteiger partial charge is 0.252 e. The number of hydrogen-bond donors (Lipinski definition) is 1. The second-order valence-electron chi connectivity index (χ2n) is 1.82. The van der Waals surface area contributed by atoms with E-state index in [-0.39, 0.29) is 5.56 Å². The molecule has 0 saturated carbocycles. The molecule has 0 radical (unpaired) electrons. The molecule has 4 heteroatoms. The molecule has 0 aromatic carbocycles. The van der Waals surface area contributed by atoms with Gasteiger partial charge in [0.1, 0.15) is 4.60 Å². The van der Waals surface area contributed by atoms with Gasteiger partial charge in [-0.05, 0) is 28.1 Å². The van der Waals surface area contributed by atoms with Crippen molar-refractivity contribution >= 4 is 21.8 Å². The van der Waals surface area contributed by atoms with E-state index in [2.05, 4.69) is 20.9 Å². The van der Waals surface area contributed by atoms with Crippen LogP contribution in [0, 0.1) is 0 Å². The van der Waals surface area contributed by atoms with Gasteiger partial charge in [-0.3, -0.25) is 4.79 Å². The quantitative estimate of drug-likeness (QED) is 0.719. The summed E-state index contributed by atoms with van der Waals surface area (Å²) < 4.78 is 21.1. The molecule has 1 aromatic rings. The van der Waals surface area contributed by atoms with Crippen molar-refractivity contribution in [2.24, 2.45) is 0 Å². The summed E-state index contributed by atoms with van der Waals surface area (Å²) in [5, 5.41) is 1.86. The van der Waals surface area contributed by atoms with Gasteiger partial charge in [0.25, 0.3) is 5.91 Å². The number of halogens is 1. The van der Waals surface area contributed by atoms with Crippen LogP contribution in [0.15, 0.2) is 22.9 Å². The van der Waals surface area contributed by atoms with Gasteiger partial charge in [0.05, 0.1) is 5.56 Å². The number of nitrogens with one attached hydrogen (secondary N) is 1. The molecule has 0 aliphatic carbocycles. The van der Waals surface area contributed by atoms with E-state index in [0.717, 1.165) is 0 Å². The molecule has 1 amide bonds. The van der Waals surface area contributed by atoms with Crippen LogP contribution >= 0.6 is 15.9 Å². The Morgan fingerprint density at radius 1 is 1.82 bits per heavy atom. The molecule has 0 aliphatic heterocycles. The van der Waals surface area contributed by atoms with Gasteiger partial charge >= 0.3 is 0 Å². The Morgan fingerprint density at radius 2 is 2.64 bits per heavy atom. The van der Waals surface area contributed by atoms with Gasteiger partial charge in [-0.1, -0.05) is 0 Å². The topological polar surface area (TPSA) is 42.0 Å². The summed E-state index contributed by atoms with van der Waals surface area (Å²) in [7, 11) is 0. The van der Waals surface area contributed by atoms with Crippen molar-refractivity contribution < 1.29 is 8.91 Å². The lowest BCUT2D eigenvalue weighted by Crippen LogP contribution is -2.17. The molecule has 1 heterocycles. The predicted molar refractivity (Wildman–Crippen MR) is 45.3 cm³/mol. The molecule has 11 heavy (non-hydrogen) atoms. The van der Waals surface area contributed by atoms with Crippen LogP contribution in [0.3, 0.4) is 0 Å². The van der Waals surface area contributed by atoms with E-state index >= 15 is 0 Å². The predicted octanol–water partition coefficient (Wildman–Crippen LogP) is 1.20. The van der Waals surface area contributed by atoms with Gasteiger partial charge in [0.15, 0.2) is 0 Å². The van der Waals surface area contributed by atoms with E-state index in [1.54, 1.807) is 6.07 Å². The Kier molecular flexibility index (Phi) is 1.54. The molecule has 58 valence electrons. The molecule has 0 spiro atoms. The highest BCUT2D eigenvalue weighted by atomic mass is 79.9. The number of hydrogen-bond acceptors (Lipinski definition) is 2. The zero-order valence-electron chi connectivity index (χ0n) is 8.47. The molecular formula is C7H7BrN2O. The van der Waals surface area contributed by atoms with Crippen molar-refractivity contribution in [3.05, 3.63) is 28.5 Å². The van der Waals surface area contributed by atoms with Crippen LogP contribution in [-0.4, -0.2) is 17.9 Å². The molecule has 0 bridgehead atoms. The fourth-order valence-electron chi connectivity index (χ4n) is 0.582. The number of pyridine rings is 1. The number of carbonyl (C=O) groups is 1. The van der Waals surface area contributed by atoms with Gasteiger partial charge in [-0.2, -0.15) is 0 Å². The summed E-state index contributed by atoms with van der Waals surface area (Å²) in [5.41, 5.74) is 0.212. The van der Waals surface area contributed by atoms with Crippen molar-refractivity contribution in [1.82, 2.24) is 10.3 Å². The van der Waals surface area contributed by atoms with Crippen LogP contribution < -0.4 is 5.32 Å². The van der Waals surface area contributed by atoms with Crippen molar-refractivity contribution in [2.45, 2.75) is 0 Å². The number of nitrogens with zero attached hydrogens (tertiary/aromatic N) is 1. The van der Waals surface area contributed by atoms with Crippen LogP contribution in [0.4, 0.5) is 0 Å². The molecule has 3 nitrogen and oxygen atoms in total. The van der Waals surface area contributed by atoms with E-state index in [4.69, 9.17) is 4.11 Å². The standard InChI is InChI=1S/C7H7BrN2O/c1-9-7(11)5-2-3-6(8)10-4-5/h2-4H,1H3,(H,9,11)/i1D3. The third-order valence-electron chi connectivity index (χ3n) is 1.10. The molecule has 1 rings (SSSR count). The fourth-order valence-corrected chi connectivity index (χ4v) is 0.817. The maximum absolute atomic E-state index is 11.2. The van der Waals surface area contributed by atoms with Crippen LogP contribution in [0.25, 0.3) is 0 Å². The van der Waals surface area contributed by atoms with Crippen molar-refractivity contribution in [2.75, 3.05) is 6.98 Å². The first-order valence-corrected chi connectivity index (χ1v) is 3.62. The summed E-state index contributed by atoms with van der Waals surface area (Å²) in [6.07, 6.45) is 1.30. The van der Waals surface area contributed by atoms with E-state index < -0.39 is 12.9 Å².